The summed E-state index contributed by atoms with van der Waals surface area (Å²) in [7, 11) is 4.33. The summed E-state index contributed by atoms with van der Waals surface area (Å²) in [6.45, 7) is 0. The van der Waals surface area contributed by atoms with Gasteiger partial charge in [-0.25, -0.2) is 0 Å². The van der Waals surface area contributed by atoms with E-state index < -0.39 is 11.7 Å². The van der Waals surface area contributed by atoms with Crippen LogP contribution in [-0.2, 0) is 4.79 Å². The smallest absolute Gasteiger partial charge is 0.256 e. The number of methoxy groups -OCH3 is 3. The van der Waals surface area contributed by atoms with Gasteiger partial charge in [0.25, 0.3) is 5.91 Å². The largest absolute Gasteiger partial charge is 0.493 e. The number of fused-ring (bicyclic) bond motifs is 1. The van der Waals surface area contributed by atoms with Crippen LogP contribution in [0, 0.1) is 0 Å². The van der Waals surface area contributed by atoms with Crippen LogP contribution in [0.15, 0.2) is 30.3 Å². The Hall–Kier alpha value is -2.70. The average Bonchev–Trinajstić information content (AvgIpc) is 3.00. The molecule has 0 radical (unpaired) electrons. The Labute approximate surface area is 165 Å². The van der Waals surface area contributed by atoms with Gasteiger partial charge in [-0.05, 0) is 30.3 Å². The molecular formula is C19H15Cl2NO5. The Morgan fingerprint density at radius 3 is 2.26 bits per heavy atom. The van der Waals surface area contributed by atoms with Crippen molar-refractivity contribution < 1.29 is 23.8 Å². The molecule has 1 aliphatic heterocycles. The van der Waals surface area contributed by atoms with E-state index in [1.165, 1.54) is 33.5 Å². The van der Waals surface area contributed by atoms with Gasteiger partial charge in [-0.1, -0.05) is 23.2 Å². The first-order valence-corrected chi connectivity index (χ1v) is 8.53. The normalized spacial score (nSPS) is 14.0. The van der Waals surface area contributed by atoms with E-state index in [0.717, 1.165) is 0 Å². The maximum atomic E-state index is 12.9. The van der Waals surface area contributed by atoms with Crippen molar-refractivity contribution >= 4 is 46.2 Å². The Bertz CT molecular complexity index is 985. The Morgan fingerprint density at radius 1 is 0.963 bits per heavy atom. The number of benzene rings is 2. The molecule has 1 heterocycles. The third kappa shape index (κ3) is 3.22. The van der Waals surface area contributed by atoms with Crippen LogP contribution in [0.5, 0.6) is 17.2 Å². The number of anilines is 1. The predicted octanol–water partition coefficient (Wildman–Crippen LogP) is 4.24. The highest BCUT2D eigenvalue weighted by molar-refractivity contribution is 6.45. The van der Waals surface area contributed by atoms with Crippen LogP contribution >= 0.6 is 23.2 Å². The number of carbonyl (C=O) groups is 2. The number of carbonyl (C=O) groups excluding carboxylic acids is 2. The second-order valence-electron chi connectivity index (χ2n) is 5.54. The summed E-state index contributed by atoms with van der Waals surface area (Å²) in [5, 5.41) is 3.28. The molecule has 1 amide bonds. The molecule has 2 aromatic carbocycles. The summed E-state index contributed by atoms with van der Waals surface area (Å²) < 4.78 is 15.8. The highest BCUT2D eigenvalue weighted by Gasteiger charge is 2.30. The number of allylic oxidation sites excluding steroid dienone is 1. The predicted molar refractivity (Wildman–Crippen MR) is 103 cm³/mol. The van der Waals surface area contributed by atoms with Crippen molar-refractivity contribution in [3.05, 3.63) is 51.5 Å². The Kier molecular flexibility index (Phi) is 5.30. The number of ether oxygens (including phenoxy) is 3. The molecule has 0 saturated heterocycles. The quantitative estimate of drug-likeness (QED) is 0.592. The molecule has 1 N–H and O–H groups in total. The first kappa shape index (κ1) is 19.1. The van der Waals surface area contributed by atoms with Gasteiger partial charge in [0.15, 0.2) is 17.3 Å². The van der Waals surface area contributed by atoms with Gasteiger partial charge < -0.3 is 19.5 Å². The number of halogens is 2. The van der Waals surface area contributed by atoms with Crippen molar-refractivity contribution in [2.75, 3.05) is 26.6 Å². The zero-order chi connectivity index (χ0) is 19.7. The first-order chi connectivity index (χ1) is 12.9. The summed E-state index contributed by atoms with van der Waals surface area (Å²) in [4.78, 5) is 25.2. The molecule has 6 nitrogen and oxygen atoms in total. The van der Waals surface area contributed by atoms with E-state index in [1.54, 1.807) is 18.2 Å². The van der Waals surface area contributed by atoms with Crippen LogP contribution in [0.3, 0.4) is 0 Å². The second-order valence-corrected chi connectivity index (χ2v) is 6.35. The molecule has 3 rings (SSSR count). The maximum Gasteiger partial charge on any atom is 0.256 e. The fourth-order valence-corrected chi connectivity index (χ4v) is 3.34. The molecule has 0 aromatic heterocycles. The van der Waals surface area contributed by atoms with E-state index in [0.29, 0.717) is 27.0 Å². The van der Waals surface area contributed by atoms with Gasteiger partial charge in [-0.2, -0.15) is 0 Å². The number of ketones is 1. The summed E-state index contributed by atoms with van der Waals surface area (Å²) in [5.41, 5.74) is 1.11. The van der Waals surface area contributed by atoms with Crippen molar-refractivity contribution in [1.82, 2.24) is 0 Å². The SMILES string of the molecule is COc1ccc(C(=O)C=C2C(=O)Nc3c(Cl)ccc(Cl)c32)c(OC)c1OC. The standard InChI is InChI=1S/C19H15Cl2NO5/c1-25-14-7-4-9(17(26-2)18(14)27-3)13(23)8-10-15-11(20)5-6-12(21)16(15)22-19(10)24/h4-8H,1-3H3,(H,22,24). The van der Waals surface area contributed by atoms with Crippen LogP contribution in [0.2, 0.25) is 10.0 Å². The van der Waals surface area contributed by atoms with Crippen LogP contribution in [-0.4, -0.2) is 33.0 Å². The minimum Gasteiger partial charge on any atom is -0.493 e. The van der Waals surface area contributed by atoms with Gasteiger partial charge in [0, 0.05) is 5.56 Å². The van der Waals surface area contributed by atoms with Gasteiger partial charge in [0.2, 0.25) is 5.75 Å². The van der Waals surface area contributed by atoms with Gasteiger partial charge >= 0.3 is 0 Å². The fourth-order valence-electron chi connectivity index (χ4n) is 2.87. The Balaban J connectivity index is 2.12. The molecule has 0 unspecified atom stereocenters. The topological polar surface area (TPSA) is 73.9 Å². The highest BCUT2D eigenvalue weighted by atomic mass is 35.5. The lowest BCUT2D eigenvalue weighted by atomic mass is 10.0. The molecule has 8 heteroatoms. The van der Waals surface area contributed by atoms with Crippen molar-refractivity contribution in [2.24, 2.45) is 0 Å². The molecule has 140 valence electrons. The molecule has 1 aliphatic rings. The number of rotatable bonds is 5. The van der Waals surface area contributed by atoms with Crippen LogP contribution in [0.4, 0.5) is 5.69 Å². The van der Waals surface area contributed by atoms with E-state index in [-0.39, 0.29) is 22.6 Å². The number of amides is 1. The van der Waals surface area contributed by atoms with E-state index in [4.69, 9.17) is 37.4 Å². The molecule has 0 atom stereocenters. The summed E-state index contributed by atoms with van der Waals surface area (Å²) in [6, 6.07) is 6.26. The van der Waals surface area contributed by atoms with Crippen LogP contribution < -0.4 is 19.5 Å². The van der Waals surface area contributed by atoms with Crippen molar-refractivity contribution in [1.29, 1.82) is 0 Å². The van der Waals surface area contributed by atoms with Crippen molar-refractivity contribution in [2.45, 2.75) is 0 Å². The molecule has 0 fully saturated rings. The number of hydrogen-bond acceptors (Lipinski definition) is 5. The first-order valence-electron chi connectivity index (χ1n) is 7.77. The fraction of sp³-hybridized carbons (Fsp3) is 0.158. The number of hydrogen-bond donors (Lipinski definition) is 1. The zero-order valence-corrected chi connectivity index (χ0v) is 16.2. The van der Waals surface area contributed by atoms with Crippen molar-refractivity contribution in [3.63, 3.8) is 0 Å². The van der Waals surface area contributed by atoms with Crippen molar-refractivity contribution in [3.8, 4) is 17.2 Å². The Morgan fingerprint density at radius 2 is 1.63 bits per heavy atom. The van der Waals surface area contributed by atoms with E-state index >= 15 is 0 Å². The third-order valence-electron chi connectivity index (χ3n) is 4.10. The molecule has 0 bridgehead atoms. The monoisotopic (exact) mass is 407 g/mol. The van der Waals surface area contributed by atoms with Gasteiger partial charge in [-0.15, -0.1) is 0 Å². The molecule has 2 aromatic rings. The van der Waals surface area contributed by atoms with Gasteiger partial charge in [0.1, 0.15) is 0 Å². The molecule has 0 aliphatic carbocycles. The molecular weight excluding hydrogens is 393 g/mol. The van der Waals surface area contributed by atoms with E-state index in [9.17, 15) is 9.59 Å². The molecule has 0 spiro atoms. The lowest BCUT2D eigenvalue weighted by Gasteiger charge is -2.14. The summed E-state index contributed by atoms with van der Waals surface area (Å²) in [5.74, 6) is -0.0249. The lowest BCUT2D eigenvalue weighted by molar-refractivity contribution is -0.110. The van der Waals surface area contributed by atoms with E-state index in [1.807, 2.05) is 0 Å². The van der Waals surface area contributed by atoms with E-state index in [2.05, 4.69) is 5.32 Å². The van der Waals surface area contributed by atoms with Crippen LogP contribution in [0.25, 0.3) is 5.57 Å². The summed E-state index contributed by atoms with van der Waals surface area (Å²) in [6.07, 6.45) is 1.20. The van der Waals surface area contributed by atoms with Gasteiger partial charge in [0.05, 0.1) is 48.2 Å². The molecule has 27 heavy (non-hydrogen) atoms. The van der Waals surface area contributed by atoms with Crippen LogP contribution in [0.1, 0.15) is 15.9 Å². The minimum absolute atomic E-state index is 0.124. The maximum absolute atomic E-state index is 12.9. The number of nitrogens with one attached hydrogen (secondary N) is 1. The minimum atomic E-state index is -0.465. The summed E-state index contributed by atoms with van der Waals surface area (Å²) >= 11 is 12.3. The second kappa shape index (κ2) is 7.50. The molecule has 0 saturated carbocycles. The van der Waals surface area contributed by atoms with Gasteiger partial charge in [-0.3, -0.25) is 9.59 Å². The third-order valence-corrected chi connectivity index (χ3v) is 4.73. The average molecular weight is 408 g/mol. The zero-order valence-electron chi connectivity index (χ0n) is 14.7. The highest BCUT2D eigenvalue weighted by Crippen LogP contribution is 2.43. The lowest BCUT2D eigenvalue weighted by Crippen LogP contribution is -2.07.